The molecule has 0 radical (unpaired) electrons. The number of nitrogens with one attached hydrogen (secondary N) is 1. The summed E-state index contributed by atoms with van der Waals surface area (Å²) in [5.41, 5.74) is 0.277. The van der Waals surface area contributed by atoms with Crippen LogP contribution >= 0.6 is 0 Å². The molecule has 196 valence electrons. The molecule has 0 spiro atoms. The Labute approximate surface area is 205 Å². The summed E-state index contributed by atoms with van der Waals surface area (Å²) in [6, 6.07) is 4.66. The van der Waals surface area contributed by atoms with Crippen LogP contribution in [0.25, 0.3) is 10.8 Å². The molecule has 0 saturated carbocycles. The lowest BCUT2D eigenvalue weighted by Gasteiger charge is -2.35. The minimum atomic E-state index is -4.92. The summed E-state index contributed by atoms with van der Waals surface area (Å²) >= 11 is 0. The summed E-state index contributed by atoms with van der Waals surface area (Å²) in [6.45, 7) is 8.00. The number of hydrogen-bond donors (Lipinski definition) is 4. The van der Waals surface area contributed by atoms with E-state index in [1.54, 1.807) is 19.9 Å². The molecule has 2 aromatic carbocycles. The predicted molar refractivity (Wildman–Crippen MR) is 132 cm³/mol. The van der Waals surface area contributed by atoms with E-state index in [-0.39, 0.29) is 23.6 Å². The molecule has 0 fully saturated rings. The Morgan fingerprint density at radius 1 is 1.03 bits per heavy atom. The molecule has 4 N–H and O–H groups in total. The number of allylic oxidation sites excluding steroid dienone is 1. The average Bonchev–Trinajstić information content (AvgIpc) is 2.70. The zero-order chi connectivity index (χ0) is 26.8. The summed E-state index contributed by atoms with van der Waals surface area (Å²) in [4.78, 5) is -1.48. The maximum absolute atomic E-state index is 12.1. The van der Waals surface area contributed by atoms with Crippen LogP contribution in [0.3, 0.4) is 0 Å². The summed E-state index contributed by atoms with van der Waals surface area (Å²) in [5.74, 6) is -0.542. The van der Waals surface area contributed by atoms with Crippen LogP contribution in [0.15, 0.2) is 46.2 Å². The molecule has 2 rings (SSSR count). The summed E-state index contributed by atoms with van der Waals surface area (Å²) < 4.78 is 105. The Kier molecular flexibility index (Phi) is 8.75. The van der Waals surface area contributed by atoms with E-state index in [1.165, 1.54) is 13.2 Å². The molecule has 0 saturated heterocycles. The first-order chi connectivity index (χ1) is 15.9. The van der Waals surface area contributed by atoms with Crippen molar-refractivity contribution in [2.75, 3.05) is 31.3 Å². The van der Waals surface area contributed by atoms with Crippen LogP contribution in [0.2, 0.25) is 0 Å². The summed E-state index contributed by atoms with van der Waals surface area (Å²) in [6.07, 6.45) is 0.122. The molecule has 0 heterocycles. The molecule has 14 heteroatoms. The highest BCUT2D eigenvalue weighted by Gasteiger charge is 2.34. The lowest BCUT2D eigenvalue weighted by Crippen LogP contribution is -2.27. The van der Waals surface area contributed by atoms with E-state index in [0.29, 0.717) is 36.0 Å². The van der Waals surface area contributed by atoms with Crippen molar-refractivity contribution < 1.29 is 43.6 Å². The summed E-state index contributed by atoms with van der Waals surface area (Å²) in [7, 11) is -12.6. The first-order valence-electron chi connectivity index (χ1n) is 10.3. The fourth-order valence-electron chi connectivity index (χ4n) is 3.93. The van der Waals surface area contributed by atoms with Crippen molar-refractivity contribution in [1.29, 1.82) is 0 Å². The second-order valence-electron chi connectivity index (χ2n) is 8.38. The Bertz CT molecular complexity index is 1450. The molecule has 0 aromatic heterocycles. The first-order valence-corrected chi connectivity index (χ1v) is 14.8. The van der Waals surface area contributed by atoms with E-state index in [2.05, 4.69) is 11.9 Å². The highest BCUT2D eigenvalue weighted by Crippen LogP contribution is 2.45. The van der Waals surface area contributed by atoms with Crippen molar-refractivity contribution in [3.05, 3.63) is 42.0 Å². The van der Waals surface area contributed by atoms with Crippen molar-refractivity contribution in [2.24, 2.45) is 0 Å². The number of methoxy groups -OCH3 is 1. The predicted octanol–water partition coefficient (Wildman–Crippen LogP) is 2.89. The van der Waals surface area contributed by atoms with E-state index < -0.39 is 51.3 Å². The molecule has 11 nitrogen and oxygen atoms in total. The van der Waals surface area contributed by atoms with E-state index in [0.717, 1.165) is 6.07 Å². The van der Waals surface area contributed by atoms with Crippen LogP contribution in [0.4, 0.5) is 5.69 Å². The Morgan fingerprint density at radius 3 is 2.14 bits per heavy atom. The van der Waals surface area contributed by atoms with Gasteiger partial charge in [0.2, 0.25) is 0 Å². The first kappa shape index (κ1) is 29.2. The molecule has 0 aliphatic rings. The monoisotopic (exact) mass is 551 g/mol. The lowest BCUT2D eigenvalue weighted by atomic mass is 9.71. The van der Waals surface area contributed by atoms with Crippen LogP contribution in [0.5, 0.6) is 0 Å². The van der Waals surface area contributed by atoms with Gasteiger partial charge in [0.05, 0.1) is 17.3 Å². The zero-order valence-corrected chi connectivity index (χ0v) is 21.9. The van der Waals surface area contributed by atoms with Gasteiger partial charge in [-0.05, 0) is 48.9 Å². The number of anilines is 1. The van der Waals surface area contributed by atoms with Crippen molar-refractivity contribution in [3.8, 4) is 0 Å². The third-order valence-electron chi connectivity index (χ3n) is 5.84. The minimum absolute atomic E-state index is 0.000757. The van der Waals surface area contributed by atoms with E-state index in [1.807, 2.05) is 0 Å². The molecule has 0 aliphatic carbocycles. The maximum atomic E-state index is 12.1. The molecule has 0 bridgehead atoms. The van der Waals surface area contributed by atoms with Gasteiger partial charge in [-0.25, -0.2) is 0 Å². The molecule has 1 unspecified atom stereocenters. The van der Waals surface area contributed by atoms with Crippen molar-refractivity contribution in [2.45, 2.75) is 41.9 Å². The quantitative estimate of drug-likeness (QED) is 0.173. The van der Waals surface area contributed by atoms with E-state index in [9.17, 15) is 38.9 Å². The molecular formula is C21H29NO10S3. The van der Waals surface area contributed by atoms with Crippen LogP contribution in [-0.2, 0) is 40.5 Å². The van der Waals surface area contributed by atoms with Gasteiger partial charge in [0.25, 0.3) is 30.4 Å². The number of ether oxygens (including phenoxy) is 1. The largest absolute Gasteiger partial charge is 0.383 e. The molecule has 0 amide bonds. The van der Waals surface area contributed by atoms with Gasteiger partial charge >= 0.3 is 0 Å². The highest BCUT2D eigenvalue weighted by molar-refractivity contribution is 7.87. The van der Waals surface area contributed by atoms with Crippen molar-refractivity contribution in [3.63, 3.8) is 0 Å². The molecule has 1 atom stereocenters. The number of hydrogen-bond acceptors (Lipinski definition) is 8. The van der Waals surface area contributed by atoms with Gasteiger partial charge in [0, 0.05) is 30.1 Å². The third kappa shape index (κ3) is 7.00. The van der Waals surface area contributed by atoms with Gasteiger partial charge < -0.3 is 10.1 Å². The second kappa shape index (κ2) is 10.5. The van der Waals surface area contributed by atoms with Crippen LogP contribution in [0.1, 0.15) is 32.3 Å². The minimum Gasteiger partial charge on any atom is -0.383 e. The highest BCUT2D eigenvalue weighted by atomic mass is 32.2. The van der Waals surface area contributed by atoms with Gasteiger partial charge in [0.15, 0.2) is 0 Å². The fourth-order valence-corrected chi connectivity index (χ4v) is 5.78. The standard InChI is InChI=1S/C21H29NO10S3/c1-14(2)21(3,8-5-11-33(23,24)25)20-17-12-15(34(26,27)28)13-19(35(29,30)31)16(17)6-7-18(20)22-9-10-32-4/h6-7,12-13,22H,1,5,8-11H2,2-4H3,(H,23,24,25)(H,26,27,28)(H,29,30,31). The van der Waals surface area contributed by atoms with Crippen molar-refractivity contribution in [1.82, 2.24) is 0 Å². The Morgan fingerprint density at radius 2 is 1.66 bits per heavy atom. The smallest absolute Gasteiger partial charge is 0.295 e. The molecule has 2 aromatic rings. The topological polar surface area (TPSA) is 184 Å². The Hall–Kier alpha value is -2.07. The SMILES string of the molecule is C=C(C)C(C)(CCCS(=O)(=O)O)c1c(NCCOC)ccc2c(S(=O)(=O)O)cc(S(=O)(=O)O)cc12. The van der Waals surface area contributed by atoms with E-state index >= 15 is 0 Å². The fraction of sp³-hybridized carbons (Fsp3) is 0.429. The van der Waals surface area contributed by atoms with Crippen LogP contribution in [-0.4, -0.2) is 64.9 Å². The van der Waals surface area contributed by atoms with Crippen LogP contribution in [0, 0.1) is 0 Å². The van der Waals surface area contributed by atoms with Crippen molar-refractivity contribution >= 4 is 46.8 Å². The Balaban J connectivity index is 3.00. The third-order valence-corrected chi connectivity index (χ3v) is 8.37. The normalized spacial score (nSPS) is 14.6. The lowest BCUT2D eigenvalue weighted by molar-refractivity contribution is 0.210. The second-order valence-corrected chi connectivity index (χ2v) is 12.8. The van der Waals surface area contributed by atoms with Gasteiger partial charge in [0.1, 0.15) is 4.90 Å². The van der Waals surface area contributed by atoms with Crippen LogP contribution < -0.4 is 5.32 Å². The summed E-state index contributed by atoms with van der Waals surface area (Å²) in [5, 5.41) is 3.19. The number of fused-ring (bicyclic) bond motifs is 1. The van der Waals surface area contributed by atoms with E-state index in [4.69, 9.17) is 4.74 Å². The maximum Gasteiger partial charge on any atom is 0.295 e. The van der Waals surface area contributed by atoms with Gasteiger partial charge in [-0.1, -0.05) is 25.1 Å². The molecule has 0 aliphatic heterocycles. The molecule has 35 heavy (non-hydrogen) atoms. The van der Waals surface area contributed by atoms with Gasteiger partial charge in [-0.15, -0.1) is 0 Å². The number of rotatable bonds is 12. The molecular weight excluding hydrogens is 522 g/mol. The van der Waals surface area contributed by atoms with Gasteiger partial charge in [-0.3, -0.25) is 13.7 Å². The average molecular weight is 552 g/mol. The van der Waals surface area contributed by atoms with Gasteiger partial charge in [-0.2, -0.15) is 25.3 Å². The number of benzene rings is 2. The zero-order valence-electron chi connectivity index (χ0n) is 19.5.